The maximum atomic E-state index is 12.2. The highest BCUT2D eigenvalue weighted by Crippen LogP contribution is 2.21. The Morgan fingerprint density at radius 3 is 2.58 bits per heavy atom. The third kappa shape index (κ3) is 3.88. The lowest BCUT2D eigenvalue weighted by Gasteiger charge is -2.05. The topological polar surface area (TPSA) is 76.9 Å². The summed E-state index contributed by atoms with van der Waals surface area (Å²) in [4.78, 5) is 28.4. The van der Waals surface area contributed by atoms with Crippen molar-refractivity contribution in [2.45, 2.75) is 33.9 Å². The number of aryl methyl sites for hydroxylation is 1. The second-order valence-electron chi connectivity index (χ2n) is 6.03. The van der Waals surface area contributed by atoms with Crippen LogP contribution >= 0.6 is 11.3 Å². The van der Waals surface area contributed by atoms with Gasteiger partial charge in [0.1, 0.15) is 11.6 Å². The average molecular weight is 368 g/mol. The van der Waals surface area contributed by atoms with Gasteiger partial charge < -0.3 is 5.32 Å². The number of nitrogens with zero attached hydrogens (tertiary/aromatic N) is 3. The van der Waals surface area contributed by atoms with E-state index in [9.17, 15) is 9.59 Å². The van der Waals surface area contributed by atoms with Crippen LogP contribution in [0.4, 0.5) is 0 Å². The molecule has 134 valence electrons. The molecule has 2 aromatic heterocycles. The number of nitrogens with one attached hydrogen (secondary N) is 1. The molecule has 6 nitrogen and oxygen atoms in total. The predicted molar refractivity (Wildman–Crippen MR) is 101 cm³/mol. The molecule has 26 heavy (non-hydrogen) atoms. The van der Waals surface area contributed by atoms with E-state index in [0.29, 0.717) is 23.5 Å². The van der Waals surface area contributed by atoms with Crippen LogP contribution in [0.2, 0.25) is 0 Å². The fraction of sp³-hybridized carbons (Fsp3) is 0.263. The van der Waals surface area contributed by atoms with Crippen LogP contribution in [0.5, 0.6) is 0 Å². The molecule has 0 radical (unpaired) electrons. The van der Waals surface area contributed by atoms with E-state index < -0.39 is 0 Å². The first-order chi connectivity index (χ1) is 12.5. The Morgan fingerprint density at radius 2 is 1.92 bits per heavy atom. The normalized spacial score (nSPS) is 10.7. The molecule has 0 atom stereocenters. The van der Waals surface area contributed by atoms with Crippen molar-refractivity contribution >= 4 is 23.0 Å². The second kappa shape index (κ2) is 7.61. The smallest absolute Gasteiger partial charge is 0.242 e. The largest absolute Gasteiger partial charge is 0.348 e. The third-order valence-corrected chi connectivity index (χ3v) is 4.93. The molecule has 1 N–H and O–H groups in total. The van der Waals surface area contributed by atoms with E-state index in [1.165, 1.54) is 18.3 Å². The van der Waals surface area contributed by atoms with Crippen LogP contribution in [-0.4, -0.2) is 26.5 Å². The molecule has 1 amide bonds. The van der Waals surface area contributed by atoms with E-state index in [2.05, 4.69) is 15.4 Å². The second-order valence-corrected chi connectivity index (χ2v) is 6.97. The van der Waals surface area contributed by atoms with Crippen molar-refractivity contribution in [3.63, 3.8) is 0 Å². The Labute approximate surface area is 155 Å². The standard InChI is InChI=1S/C19H20N4O2S/c1-12-19(14(3)24)13(2)23(22-12)10-17(25)20-9-18-21-16(11-26-18)15-7-5-4-6-8-15/h4-8,11H,9-10H2,1-3H3,(H,20,25). The van der Waals surface area contributed by atoms with E-state index >= 15 is 0 Å². The summed E-state index contributed by atoms with van der Waals surface area (Å²) in [6.45, 7) is 5.54. The molecule has 0 saturated carbocycles. The highest BCUT2D eigenvalue weighted by Gasteiger charge is 2.17. The number of ketones is 1. The van der Waals surface area contributed by atoms with Gasteiger partial charge in [0.05, 0.1) is 23.5 Å². The summed E-state index contributed by atoms with van der Waals surface area (Å²) in [6, 6.07) is 9.92. The maximum absolute atomic E-state index is 12.2. The first-order valence-electron chi connectivity index (χ1n) is 8.27. The van der Waals surface area contributed by atoms with Gasteiger partial charge in [-0.1, -0.05) is 30.3 Å². The molecule has 0 fully saturated rings. The Bertz CT molecular complexity index is 944. The summed E-state index contributed by atoms with van der Waals surface area (Å²) >= 11 is 1.51. The minimum atomic E-state index is -0.165. The number of amides is 1. The van der Waals surface area contributed by atoms with Crippen LogP contribution in [0.15, 0.2) is 35.7 Å². The zero-order chi connectivity index (χ0) is 18.7. The van der Waals surface area contributed by atoms with Gasteiger partial charge in [-0.2, -0.15) is 5.10 Å². The molecule has 0 aliphatic carbocycles. The van der Waals surface area contributed by atoms with Gasteiger partial charge in [-0.3, -0.25) is 14.3 Å². The molecular weight excluding hydrogens is 348 g/mol. The molecule has 3 rings (SSSR count). The Hall–Kier alpha value is -2.80. The molecule has 3 aromatic rings. The number of carbonyl (C=O) groups is 2. The quantitative estimate of drug-likeness (QED) is 0.678. The summed E-state index contributed by atoms with van der Waals surface area (Å²) in [5.74, 6) is -0.204. The highest BCUT2D eigenvalue weighted by molar-refractivity contribution is 7.09. The zero-order valence-electron chi connectivity index (χ0n) is 14.9. The number of benzene rings is 1. The molecular formula is C19H20N4O2S. The van der Waals surface area contributed by atoms with Gasteiger partial charge in [0.15, 0.2) is 5.78 Å². The van der Waals surface area contributed by atoms with Gasteiger partial charge in [0.2, 0.25) is 5.91 Å². The molecule has 1 aromatic carbocycles. The number of thiazole rings is 1. The number of hydrogen-bond acceptors (Lipinski definition) is 5. The molecule has 0 unspecified atom stereocenters. The van der Waals surface area contributed by atoms with E-state index in [0.717, 1.165) is 16.3 Å². The number of rotatable bonds is 6. The number of hydrogen-bond donors (Lipinski definition) is 1. The molecule has 0 aliphatic rings. The van der Waals surface area contributed by atoms with Crippen molar-refractivity contribution in [3.8, 4) is 11.3 Å². The van der Waals surface area contributed by atoms with Crippen LogP contribution in [0, 0.1) is 13.8 Å². The van der Waals surface area contributed by atoms with Gasteiger partial charge >= 0.3 is 0 Å². The highest BCUT2D eigenvalue weighted by atomic mass is 32.1. The Kier molecular flexibility index (Phi) is 5.27. The van der Waals surface area contributed by atoms with Gasteiger partial charge in [-0.25, -0.2) is 4.98 Å². The molecule has 0 bridgehead atoms. The minimum absolute atomic E-state index is 0.0390. The van der Waals surface area contributed by atoms with Crippen molar-refractivity contribution < 1.29 is 9.59 Å². The molecule has 7 heteroatoms. The summed E-state index contributed by atoms with van der Waals surface area (Å²) in [5.41, 5.74) is 3.91. The lowest BCUT2D eigenvalue weighted by atomic mass is 10.1. The van der Waals surface area contributed by atoms with Gasteiger partial charge in [-0.05, 0) is 20.8 Å². The van der Waals surface area contributed by atoms with Crippen LogP contribution in [-0.2, 0) is 17.9 Å². The fourth-order valence-corrected chi connectivity index (χ4v) is 3.60. The summed E-state index contributed by atoms with van der Waals surface area (Å²) < 4.78 is 1.57. The van der Waals surface area contributed by atoms with Crippen LogP contribution in [0.25, 0.3) is 11.3 Å². The van der Waals surface area contributed by atoms with Gasteiger partial charge in [0, 0.05) is 16.6 Å². The number of carbonyl (C=O) groups excluding carboxylic acids is 2. The first-order valence-corrected chi connectivity index (χ1v) is 9.15. The van der Waals surface area contributed by atoms with Crippen LogP contribution < -0.4 is 5.32 Å². The molecule has 0 saturated heterocycles. The van der Waals surface area contributed by atoms with Crippen molar-refractivity contribution in [2.75, 3.05) is 0 Å². The number of aromatic nitrogens is 3. The summed E-state index contributed by atoms with van der Waals surface area (Å²) in [5, 5.41) is 9.98. The molecule has 0 aliphatic heterocycles. The molecule has 0 spiro atoms. The predicted octanol–water partition coefficient (Wildman–Crippen LogP) is 3.14. The van der Waals surface area contributed by atoms with Gasteiger partial charge in [-0.15, -0.1) is 11.3 Å². The monoisotopic (exact) mass is 368 g/mol. The van der Waals surface area contributed by atoms with E-state index in [-0.39, 0.29) is 18.2 Å². The number of Topliss-reactive ketones (excluding diaryl/α,β-unsaturated/α-hetero) is 1. The van der Waals surface area contributed by atoms with Crippen molar-refractivity contribution in [1.82, 2.24) is 20.1 Å². The van der Waals surface area contributed by atoms with Crippen LogP contribution in [0.3, 0.4) is 0 Å². The van der Waals surface area contributed by atoms with E-state index in [1.807, 2.05) is 35.7 Å². The third-order valence-electron chi connectivity index (χ3n) is 4.09. The van der Waals surface area contributed by atoms with Crippen molar-refractivity contribution in [3.05, 3.63) is 57.7 Å². The van der Waals surface area contributed by atoms with E-state index in [1.54, 1.807) is 18.5 Å². The lowest BCUT2D eigenvalue weighted by molar-refractivity contribution is -0.122. The minimum Gasteiger partial charge on any atom is -0.348 e. The fourth-order valence-electron chi connectivity index (χ4n) is 2.86. The van der Waals surface area contributed by atoms with Crippen LogP contribution in [0.1, 0.15) is 33.7 Å². The van der Waals surface area contributed by atoms with Crippen molar-refractivity contribution in [1.29, 1.82) is 0 Å². The molecule has 2 heterocycles. The van der Waals surface area contributed by atoms with E-state index in [4.69, 9.17) is 0 Å². The summed E-state index contributed by atoms with van der Waals surface area (Å²) in [6.07, 6.45) is 0. The first kappa shape index (κ1) is 18.0. The SMILES string of the molecule is CC(=O)c1c(C)nn(CC(=O)NCc2nc(-c3ccccc3)cs2)c1C. The van der Waals surface area contributed by atoms with Crippen molar-refractivity contribution in [2.24, 2.45) is 0 Å². The summed E-state index contributed by atoms with van der Waals surface area (Å²) in [7, 11) is 0. The van der Waals surface area contributed by atoms with Gasteiger partial charge in [0.25, 0.3) is 0 Å². The Balaban J connectivity index is 1.61. The Morgan fingerprint density at radius 1 is 1.19 bits per heavy atom. The zero-order valence-corrected chi connectivity index (χ0v) is 15.8. The maximum Gasteiger partial charge on any atom is 0.242 e. The average Bonchev–Trinajstić information content (AvgIpc) is 3.19. The lowest BCUT2D eigenvalue weighted by Crippen LogP contribution is -2.28.